The number of methoxy groups -OCH3 is 1. The molecule has 0 aliphatic carbocycles. The van der Waals surface area contributed by atoms with Crippen molar-refractivity contribution in [1.82, 2.24) is 14.9 Å². The van der Waals surface area contributed by atoms with Gasteiger partial charge < -0.3 is 23.7 Å². The van der Waals surface area contributed by atoms with E-state index in [1.807, 2.05) is 36.4 Å². The van der Waals surface area contributed by atoms with Gasteiger partial charge >= 0.3 is 12.1 Å². The summed E-state index contributed by atoms with van der Waals surface area (Å²) in [5.41, 5.74) is 3.47. The zero-order valence-electron chi connectivity index (χ0n) is 23.5. The molecule has 2 aliphatic heterocycles. The topological polar surface area (TPSA) is 113 Å². The van der Waals surface area contributed by atoms with Crippen molar-refractivity contribution in [1.29, 1.82) is 0 Å². The van der Waals surface area contributed by atoms with Crippen molar-refractivity contribution in [3.63, 3.8) is 0 Å². The molecule has 1 fully saturated rings. The lowest BCUT2D eigenvalue weighted by atomic mass is 10.1. The number of pyridine rings is 2. The van der Waals surface area contributed by atoms with Crippen molar-refractivity contribution in [3.8, 4) is 17.4 Å². The maximum absolute atomic E-state index is 12.8. The van der Waals surface area contributed by atoms with E-state index in [4.69, 9.17) is 23.7 Å². The second kappa shape index (κ2) is 13.5. The molecule has 41 heavy (non-hydrogen) atoms. The summed E-state index contributed by atoms with van der Waals surface area (Å²) in [5, 5.41) is 0. The largest absolute Gasteiger partial charge is 0.486 e. The number of nitrogens with zero attached hydrogens (tertiary/aromatic N) is 4. The van der Waals surface area contributed by atoms with Gasteiger partial charge in [0, 0.05) is 31.3 Å². The van der Waals surface area contributed by atoms with Crippen molar-refractivity contribution < 1.29 is 33.3 Å². The summed E-state index contributed by atoms with van der Waals surface area (Å²) >= 11 is 0. The summed E-state index contributed by atoms with van der Waals surface area (Å²) in [6.07, 6.45) is 3.74. The number of aryl methyl sites for hydroxylation is 1. The van der Waals surface area contributed by atoms with E-state index in [9.17, 15) is 9.59 Å². The van der Waals surface area contributed by atoms with Gasteiger partial charge in [-0.15, -0.1) is 0 Å². The minimum atomic E-state index is -0.388. The van der Waals surface area contributed by atoms with Crippen LogP contribution >= 0.6 is 0 Å². The first kappa shape index (κ1) is 28.4. The number of esters is 1. The van der Waals surface area contributed by atoms with Crippen LogP contribution in [0.2, 0.25) is 0 Å². The lowest BCUT2D eigenvalue weighted by Gasteiger charge is -2.25. The summed E-state index contributed by atoms with van der Waals surface area (Å²) in [5.74, 6) is 1.65. The lowest BCUT2D eigenvalue weighted by Crippen LogP contribution is -2.36. The normalized spacial score (nSPS) is 16.2. The zero-order chi connectivity index (χ0) is 28.6. The number of fused-ring (bicyclic) bond motifs is 2. The zero-order valence-corrected chi connectivity index (χ0v) is 23.5. The number of rotatable bonds is 13. The van der Waals surface area contributed by atoms with Crippen LogP contribution in [0.3, 0.4) is 0 Å². The summed E-state index contributed by atoms with van der Waals surface area (Å²) in [7, 11) is 1.60. The van der Waals surface area contributed by atoms with Crippen LogP contribution in [0.4, 0.5) is 10.5 Å². The molecule has 0 radical (unpaired) electrons. The van der Waals surface area contributed by atoms with E-state index in [-0.39, 0.29) is 18.2 Å². The van der Waals surface area contributed by atoms with E-state index in [0.29, 0.717) is 75.4 Å². The predicted molar refractivity (Wildman–Crippen MR) is 152 cm³/mol. The van der Waals surface area contributed by atoms with Gasteiger partial charge in [0.25, 0.3) is 0 Å². The quantitative estimate of drug-likeness (QED) is 0.282. The Balaban J connectivity index is 1.22. The Morgan fingerprint density at radius 2 is 1.93 bits per heavy atom. The smallest absolute Gasteiger partial charge is 0.414 e. The molecule has 0 bridgehead atoms. The average molecular weight is 565 g/mol. The van der Waals surface area contributed by atoms with E-state index in [2.05, 4.69) is 14.9 Å². The van der Waals surface area contributed by atoms with Crippen LogP contribution in [0.15, 0.2) is 42.6 Å². The third-order valence-electron chi connectivity index (χ3n) is 7.11. The van der Waals surface area contributed by atoms with Gasteiger partial charge in [-0.1, -0.05) is 0 Å². The Morgan fingerprint density at radius 1 is 1.10 bits per heavy atom. The van der Waals surface area contributed by atoms with Crippen molar-refractivity contribution in [2.45, 2.75) is 38.7 Å². The van der Waals surface area contributed by atoms with Crippen LogP contribution in [0.25, 0.3) is 11.0 Å². The lowest BCUT2D eigenvalue weighted by molar-refractivity contribution is -0.143. The first-order chi connectivity index (χ1) is 20.0. The highest BCUT2D eigenvalue weighted by molar-refractivity contribution is 5.90. The maximum atomic E-state index is 12.8. The van der Waals surface area contributed by atoms with E-state index >= 15 is 0 Å². The molecule has 11 nitrogen and oxygen atoms in total. The van der Waals surface area contributed by atoms with Gasteiger partial charge in [-0.2, -0.15) is 0 Å². The van der Waals surface area contributed by atoms with Crippen LogP contribution < -0.4 is 19.1 Å². The van der Waals surface area contributed by atoms with Crippen LogP contribution in [-0.4, -0.2) is 86.1 Å². The third kappa shape index (κ3) is 7.15. The van der Waals surface area contributed by atoms with Crippen LogP contribution in [0.5, 0.6) is 17.4 Å². The molecule has 11 heteroatoms. The standard InChI is InChI=1S/C30H36N4O7/c1-3-38-28(35)7-5-15-33(14-4-6-21-12-13-31-24-9-11-27(37-2)32-29(21)24)19-23-20-34(30(36)41-23)22-8-10-25-26(18-22)40-17-16-39-25/h8-13,18,23H,3-7,14-17,19-20H2,1-2H3. The van der Waals surface area contributed by atoms with Crippen molar-refractivity contribution in [2.24, 2.45) is 0 Å². The highest BCUT2D eigenvalue weighted by atomic mass is 16.6. The summed E-state index contributed by atoms with van der Waals surface area (Å²) in [6, 6.07) is 11.2. The molecule has 5 rings (SSSR count). The van der Waals surface area contributed by atoms with Gasteiger partial charge in [0.15, 0.2) is 11.5 Å². The number of hydrogen-bond acceptors (Lipinski definition) is 10. The third-order valence-corrected chi connectivity index (χ3v) is 7.11. The molecule has 1 aromatic carbocycles. The number of hydrogen-bond donors (Lipinski definition) is 0. The molecule has 1 amide bonds. The van der Waals surface area contributed by atoms with Gasteiger partial charge in [0.2, 0.25) is 5.88 Å². The fourth-order valence-electron chi connectivity index (χ4n) is 5.16. The number of benzene rings is 1. The minimum Gasteiger partial charge on any atom is -0.486 e. The molecule has 1 saturated heterocycles. The highest BCUT2D eigenvalue weighted by Gasteiger charge is 2.34. The first-order valence-electron chi connectivity index (χ1n) is 14.1. The van der Waals surface area contributed by atoms with Crippen molar-refractivity contribution >= 4 is 28.8 Å². The number of ether oxygens (including phenoxy) is 5. The molecule has 4 heterocycles. The van der Waals surface area contributed by atoms with Gasteiger partial charge in [-0.3, -0.25) is 19.6 Å². The fourth-order valence-corrected chi connectivity index (χ4v) is 5.16. The predicted octanol–water partition coefficient (Wildman–Crippen LogP) is 4.01. The molecule has 1 unspecified atom stereocenters. The van der Waals surface area contributed by atoms with Crippen LogP contribution in [-0.2, 0) is 20.7 Å². The number of anilines is 1. The van der Waals surface area contributed by atoms with E-state index in [1.54, 1.807) is 25.1 Å². The molecular formula is C30H36N4O7. The molecular weight excluding hydrogens is 528 g/mol. The average Bonchev–Trinajstić information content (AvgIpc) is 3.36. The monoisotopic (exact) mass is 564 g/mol. The molecule has 2 aromatic heterocycles. The van der Waals surface area contributed by atoms with Crippen LogP contribution in [0.1, 0.15) is 31.7 Å². The Kier molecular flexibility index (Phi) is 9.35. The fraction of sp³-hybridized carbons (Fsp3) is 0.467. The van der Waals surface area contributed by atoms with Gasteiger partial charge in [0.05, 0.1) is 37.0 Å². The summed E-state index contributed by atoms with van der Waals surface area (Å²) in [6.45, 7) is 5.57. The molecule has 0 spiro atoms. The number of carbonyl (C=O) groups is 2. The van der Waals surface area contributed by atoms with E-state index < -0.39 is 0 Å². The second-order valence-electron chi connectivity index (χ2n) is 9.95. The van der Waals surface area contributed by atoms with Crippen molar-refractivity contribution in [3.05, 3.63) is 48.2 Å². The first-order valence-corrected chi connectivity index (χ1v) is 14.1. The van der Waals surface area contributed by atoms with Gasteiger partial charge in [-0.05, 0) is 69.1 Å². The Labute approximate surface area is 239 Å². The number of amides is 1. The molecule has 0 saturated carbocycles. The number of aromatic nitrogens is 2. The van der Waals surface area contributed by atoms with E-state index in [0.717, 1.165) is 36.0 Å². The molecule has 3 aromatic rings. The molecule has 218 valence electrons. The van der Waals surface area contributed by atoms with Gasteiger partial charge in [-0.25, -0.2) is 9.78 Å². The van der Waals surface area contributed by atoms with Crippen LogP contribution in [0, 0.1) is 0 Å². The molecule has 0 N–H and O–H groups in total. The summed E-state index contributed by atoms with van der Waals surface area (Å²) in [4.78, 5) is 37.7. The number of carbonyl (C=O) groups excluding carboxylic acids is 2. The maximum Gasteiger partial charge on any atom is 0.414 e. The second-order valence-corrected chi connectivity index (χ2v) is 9.95. The SMILES string of the molecule is CCOC(=O)CCCN(CCCc1ccnc2ccc(OC)nc12)CC1CN(c2ccc3c(c2)OCCO3)C(=O)O1. The van der Waals surface area contributed by atoms with Gasteiger partial charge in [0.1, 0.15) is 19.3 Å². The number of cyclic esters (lactones) is 1. The van der Waals surface area contributed by atoms with Crippen molar-refractivity contribution in [2.75, 3.05) is 58.0 Å². The minimum absolute atomic E-state index is 0.201. The Hall–Kier alpha value is -4.12. The summed E-state index contributed by atoms with van der Waals surface area (Å²) < 4.78 is 27.5. The van der Waals surface area contributed by atoms with E-state index in [1.165, 1.54) is 0 Å². The molecule has 1 atom stereocenters. The highest BCUT2D eigenvalue weighted by Crippen LogP contribution is 2.35. The Morgan fingerprint density at radius 3 is 2.76 bits per heavy atom. The molecule has 2 aliphatic rings. The Bertz CT molecular complexity index is 1370.